The standard InChI is InChI=1S/C10H20N2O2/c11-10(5-1-3-7-13)9-12-6-2-4-8-14/h7,9,12,14H,1-6,8,11H2/b10-9-. The van der Waals surface area contributed by atoms with Gasteiger partial charge < -0.3 is 21.0 Å². The summed E-state index contributed by atoms with van der Waals surface area (Å²) in [4.78, 5) is 10.0. The first-order chi connectivity index (χ1) is 6.81. The molecule has 0 rings (SSSR count). The molecule has 4 nitrogen and oxygen atoms in total. The molecule has 0 aromatic heterocycles. The Morgan fingerprint density at radius 3 is 2.79 bits per heavy atom. The van der Waals surface area contributed by atoms with Crippen LogP contribution >= 0.6 is 0 Å². The monoisotopic (exact) mass is 200 g/mol. The lowest BCUT2D eigenvalue weighted by Gasteiger charge is -2.02. The zero-order valence-electron chi connectivity index (χ0n) is 8.54. The zero-order valence-corrected chi connectivity index (χ0v) is 8.54. The smallest absolute Gasteiger partial charge is 0.120 e. The van der Waals surface area contributed by atoms with E-state index in [0.29, 0.717) is 6.42 Å². The fraction of sp³-hybridized carbons (Fsp3) is 0.700. The molecular formula is C10H20N2O2. The molecule has 0 bridgehead atoms. The lowest BCUT2D eigenvalue weighted by atomic mass is 10.2. The van der Waals surface area contributed by atoms with Gasteiger partial charge in [0.15, 0.2) is 0 Å². The van der Waals surface area contributed by atoms with Crippen LogP contribution in [0.4, 0.5) is 0 Å². The van der Waals surface area contributed by atoms with Gasteiger partial charge in [0.1, 0.15) is 6.29 Å². The predicted molar refractivity (Wildman–Crippen MR) is 56.5 cm³/mol. The van der Waals surface area contributed by atoms with Gasteiger partial charge in [0.2, 0.25) is 0 Å². The predicted octanol–water partition coefficient (Wildman–Crippen LogP) is 0.518. The third-order valence-electron chi connectivity index (χ3n) is 1.80. The summed E-state index contributed by atoms with van der Waals surface area (Å²) in [6, 6.07) is 0. The zero-order chi connectivity index (χ0) is 10.6. The van der Waals surface area contributed by atoms with Crippen molar-refractivity contribution in [2.45, 2.75) is 32.1 Å². The van der Waals surface area contributed by atoms with Crippen LogP contribution in [0.5, 0.6) is 0 Å². The number of aliphatic hydroxyl groups is 1. The number of aliphatic hydroxyl groups excluding tert-OH is 1. The van der Waals surface area contributed by atoms with Crippen molar-refractivity contribution >= 4 is 6.29 Å². The van der Waals surface area contributed by atoms with E-state index in [0.717, 1.165) is 44.2 Å². The maximum Gasteiger partial charge on any atom is 0.120 e. The van der Waals surface area contributed by atoms with Gasteiger partial charge in [0, 0.05) is 31.5 Å². The van der Waals surface area contributed by atoms with Crippen molar-refractivity contribution < 1.29 is 9.90 Å². The Hall–Kier alpha value is -1.03. The number of allylic oxidation sites excluding steroid dienone is 1. The second-order valence-electron chi connectivity index (χ2n) is 3.16. The van der Waals surface area contributed by atoms with Crippen molar-refractivity contribution in [3.63, 3.8) is 0 Å². The van der Waals surface area contributed by atoms with Gasteiger partial charge in [-0.2, -0.15) is 0 Å². The molecule has 0 aliphatic heterocycles. The third-order valence-corrected chi connectivity index (χ3v) is 1.80. The van der Waals surface area contributed by atoms with Gasteiger partial charge in [-0.05, 0) is 25.7 Å². The van der Waals surface area contributed by atoms with Crippen molar-refractivity contribution in [1.82, 2.24) is 5.32 Å². The molecule has 0 unspecified atom stereocenters. The van der Waals surface area contributed by atoms with Gasteiger partial charge >= 0.3 is 0 Å². The lowest BCUT2D eigenvalue weighted by Crippen LogP contribution is -2.11. The molecule has 0 fully saturated rings. The summed E-state index contributed by atoms with van der Waals surface area (Å²) < 4.78 is 0. The number of hydrogen-bond acceptors (Lipinski definition) is 4. The van der Waals surface area contributed by atoms with Crippen LogP contribution in [0.25, 0.3) is 0 Å². The maximum absolute atomic E-state index is 10.0. The van der Waals surface area contributed by atoms with Crippen molar-refractivity contribution in [1.29, 1.82) is 0 Å². The number of hydrogen-bond donors (Lipinski definition) is 3. The molecule has 0 amide bonds. The molecule has 14 heavy (non-hydrogen) atoms. The average Bonchev–Trinajstić information content (AvgIpc) is 2.18. The molecule has 0 spiro atoms. The van der Waals surface area contributed by atoms with E-state index in [1.165, 1.54) is 0 Å². The minimum atomic E-state index is 0.236. The summed E-state index contributed by atoms with van der Waals surface area (Å²) in [6.07, 6.45) is 6.57. The fourth-order valence-corrected chi connectivity index (χ4v) is 1.00. The molecule has 0 aliphatic carbocycles. The van der Waals surface area contributed by atoms with Crippen LogP contribution < -0.4 is 11.1 Å². The van der Waals surface area contributed by atoms with Crippen LogP contribution in [0, 0.1) is 0 Å². The normalized spacial score (nSPS) is 11.4. The number of carbonyl (C=O) groups excluding carboxylic acids is 1. The summed E-state index contributed by atoms with van der Waals surface area (Å²) in [7, 11) is 0. The maximum atomic E-state index is 10.0. The van der Waals surface area contributed by atoms with Gasteiger partial charge in [-0.25, -0.2) is 0 Å². The molecule has 0 atom stereocenters. The van der Waals surface area contributed by atoms with Gasteiger partial charge in [0.25, 0.3) is 0 Å². The fourth-order valence-electron chi connectivity index (χ4n) is 1.00. The van der Waals surface area contributed by atoms with E-state index in [-0.39, 0.29) is 6.61 Å². The second kappa shape index (κ2) is 10.1. The van der Waals surface area contributed by atoms with E-state index in [9.17, 15) is 4.79 Å². The Morgan fingerprint density at radius 1 is 1.36 bits per heavy atom. The molecule has 0 aliphatic rings. The molecule has 0 aromatic rings. The number of nitrogens with two attached hydrogens (primary N) is 1. The molecule has 82 valence electrons. The van der Waals surface area contributed by atoms with Crippen LogP contribution in [-0.4, -0.2) is 24.5 Å². The van der Waals surface area contributed by atoms with Crippen LogP contribution in [0.1, 0.15) is 32.1 Å². The van der Waals surface area contributed by atoms with E-state index in [1.807, 2.05) is 0 Å². The number of unbranched alkanes of at least 4 members (excludes halogenated alkanes) is 2. The van der Waals surface area contributed by atoms with Crippen molar-refractivity contribution in [3.05, 3.63) is 11.9 Å². The van der Waals surface area contributed by atoms with E-state index >= 15 is 0 Å². The van der Waals surface area contributed by atoms with Crippen LogP contribution in [0.15, 0.2) is 11.9 Å². The van der Waals surface area contributed by atoms with Crippen LogP contribution in [0.3, 0.4) is 0 Å². The number of nitrogens with one attached hydrogen (secondary N) is 1. The Bertz CT molecular complexity index is 170. The van der Waals surface area contributed by atoms with E-state index in [2.05, 4.69) is 5.32 Å². The number of carbonyl (C=O) groups is 1. The van der Waals surface area contributed by atoms with Gasteiger partial charge in [-0.15, -0.1) is 0 Å². The molecule has 0 saturated carbocycles. The molecule has 0 heterocycles. The van der Waals surface area contributed by atoms with Crippen molar-refractivity contribution in [2.75, 3.05) is 13.2 Å². The minimum absolute atomic E-state index is 0.236. The Kier molecular flexibility index (Phi) is 9.31. The highest BCUT2D eigenvalue weighted by Gasteiger charge is 1.90. The Morgan fingerprint density at radius 2 is 2.14 bits per heavy atom. The largest absolute Gasteiger partial charge is 0.401 e. The van der Waals surface area contributed by atoms with E-state index in [1.54, 1.807) is 6.20 Å². The Labute approximate surface area is 85.2 Å². The summed E-state index contributed by atoms with van der Waals surface area (Å²) >= 11 is 0. The molecular weight excluding hydrogens is 180 g/mol. The van der Waals surface area contributed by atoms with Crippen molar-refractivity contribution in [2.24, 2.45) is 5.73 Å². The van der Waals surface area contributed by atoms with E-state index in [4.69, 9.17) is 10.8 Å². The highest BCUT2D eigenvalue weighted by molar-refractivity contribution is 5.49. The second-order valence-corrected chi connectivity index (χ2v) is 3.16. The summed E-state index contributed by atoms with van der Waals surface area (Å²) in [5, 5.41) is 11.6. The van der Waals surface area contributed by atoms with Gasteiger partial charge in [-0.1, -0.05) is 0 Å². The number of rotatable bonds is 9. The first kappa shape index (κ1) is 13.0. The van der Waals surface area contributed by atoms with Gasteiger partial charge in [-0.3, -0.25) is 0 Å². The molecule has 0 aromatic carbocycles. The minimum Gasteiger partial charge on any atom is -0.401 e. The molecule has 4 heteroatoms. The molecule has 0 saturated heterocycles. The summed E-state index contributed by atoms with van der Waals surface area (Å²) in [5.41, 5.74) is 6.44. The first-order valence-corrected chi connectivity index (χ1v) is 5.03. The molecule has 4 N–H and O–H groups in total. The summed E-state index contributed by atoms with van der Waals surface area (Å²) in [5.74, 6) is 0. The van der Waals surface area contributed by atoms with Crippen LogP contribution in [-0.2, 0) is 4.79 Å². The third kappa shape index (κ3) is 9.06. The lowest BCUT2D eigenvalue weighted by molar-refractivity contribution is -0.107. The average molecular weight is 200 g/mol. The number of aldehydes is 1. The highest BCUT2D eigenvalue weighted by atomic mass is 16.2. The van der Waals surface area contributed by atoms with Crippen LogP contribution in [0.2, 0.25) is 0 Å². The van der Waals surface area contributed by atoms with Crippen molar-refractivity contribution in [3.8, 4) is 0 Å². The quantitative estimate of drug-likeness (QED) is 0.374. The first-order valence-electron chi connectivity index (χ1n) is 5.03. The summed E-state index contributed by atoms with van der Waals surface area (Å²) in [6.45, 7) is 1.06. The van der Waals surface area contributed by atoms with Gasteiger partial charge in [0.05, 0.1) is 0 Å². The molecule has 0 radical (unpaired) electrons. The van der Waals surface area contributed by atoms with E-state index < -0.39 is 0 Å². The Balaban J connectivity index is 3.31. The topological polar surface area (TPSA) is 75.3 Å². The highest BCUT2D eigenvalue weighted by Crippen LogP contribution is 1.98. The SMILES string of the molecule is N/C(=C\NCCCCO)CCCC=O.